The summed E-state index contributed by atoms with van der Waals surface area (Å²) in [6.07, 6.45) is -4.45. The van der Waals surface area contributed by atoms with Gasteiger partial charge in [0.15, 0.2) is 11.5 Å². The zero-order chi connectivity index (χ0) is 19.8. The van der Waals surface area contributed by atoms with Gasteiger partial charge in [-0.15, -0.1) is 0 Å². The van der Waals surface area contributed by atoms with Gasteiger partial charge in [-0.05, 0) is 30.2 Å². The van der Waals surface area contributed by atoms with E-state index in [1.165, 1.54) is 24.0 Å². The Labute approximate surface area is 153 Å². The first kappa shape index (κ1) is 18.7. The summed E-state index contributed by atoms with van der Waals surface area (Å²) < 4.78 is 38.2. The maximum Gasteiger partial charge on any atom is 0.416 e. The molecule has 4 nitrogen and oxygen atoms in total. The largest absolute Gasteiger partial charge is 0.503 e. The number of nitrogens with zero attached hydrogens (tertiary/aromatic N) is 1. The average Bonchev–Trinajstić information content (AvgIpc) is 2.87. The number of amides is 1. The molecule has 1 aliphatic heterocycles. The van der Waals surface area contributed by atoms with E-state index < -0.39 is 35.2 Å². The maximum atomic E-state index is 12.7. The van der Waals surface area contributed by atoms with Gasteiger partial charge in [0.25, 0.3) is 5.91 Å². The number of aliphatic hydroxyl groups excluding tert-OH is 1. The molecule has 2 aromatic carbocycles. The van der Waals surface area contributed by atoms with Crippen LogP contribution in [0.3, 0.4) is 0 Å². The lowest BCUT2D eigenvalue weighted by Gasteiger charge is -2.26. The molecule has 1 aliphatic rings. The van der Waals surface area contributed by atoms with Crippen LogP contribution in [-0.4, -0.2) is 21.7 Å². The van der Waals surface area contributed by atoms with Gasteiger partial charge in [0.1, 0.15) is 0 Å². The van der Waals surface area contributed by atoms with Gasteiger partial charge in [-0.1, -0.05) is 42.5 Å². The van der Waals surface area contributed by atoms with Gasteiger partial charge in [-0.3, -0.25) is 9.59 Å². The zero-order valence-electron chi connectivity index (χ0n) is 14.3. The van der Waals surface area contributed by atoms with Gasteiger partial charge >= 0.3 is 6.18 Å². The summed E-state index contributed by atoms with van der Waals surface area (Å²) >= 11 is 0. The fourth-order valence-corrected chi connectivity index (χ4v) is 3.15. The molecule has 1 heterocycles. The van der Waals surface area contributed by atoms with E-state index in [0.717, 1.165) is 12.1 Å². The Morgan fingerprint density at radius 1 is 1.07 bits per heavy atom. The van der Waals surface area contributed by atoms with Crippen molar-refractivity contribution in [1.29, 1.82) is 0 Å². The second kappa shape index (κ2) is 6.90. The van der Waals surface area contributed by atoms with Crippen molar-refractivity contribution in [3.8, 4) is 0 Å². The number of rotatable bonds is 4. The lowest BCUT2D eigenvalue weighted by Crippen LogP contribution is -2.30. The van der Waals surface area contributed by atoms with E-state index >= 15 is 0 Å². The average molecular weight is 375 g/mol. The van der Waals surface area contributed by atoms with Crippen LogP contribution in [0.1, 0.15) is 29.7 Å². The molecular weight excluding hydrogens is 359 g/mol. The number of carbonyl (C=O) groups excluding carboxylic acids is 2. The Morgan fingerprint density at radius 2 is 1.67 bits per heavy atom. The molecule has 0 saturated heterocycles. The fraction of sp³-hybridized carbons (Fsp3) is 0.200. The van der Waals surface area contributed by atoms with E-state index in [0.29, 0.717) is 11.1 Å². The van der Waals surface area contributed by atoms with Gasteiger partial charge in [-0.25, -0.2) is 0 Å². The summed E-state index contributed by atoms with van der Waals surface area (Å²) in [5, 5.41) is 10.2. The van der Waals surface area contributed by atoms with E-state index in [4.69, 9.17) is 0 Å². The Morgan fingerprint density at radius 3 is 2.19 bits per heavy atom. The molecular formula is C20H16F3NO3. The molecule has 0 bridgehead atoms. The van der Waals surface area contributed by atoms with Gasteiger partial charge in [-0.2, -0.15) is 13.2 Å². The normalized spacial score (nSPS) is 17.6. The molecule has 27 heavy (non-hydrogen) atoms. The predicted molar refractivity (Wildman–Crippen MR) is 91.5 cm³/mol. The monoisotopic (exact) mass is 375 g/mol. The van der Waals surface area contributed by atoms with Crippen molar-refractivity contribution in [2.45, 2.75) is 25.7 Å². The highest BCUT2D eigenvalue weighted by Crippen LogP contribution is 2.38. The minimum absolute atomic E-state index is 0.0156. The Hall–Kier alpha value is -3.09. The van der Waals surface area contributed by atoms with Gasteiger partial charge in [0.2, 0.25) is 0 Å². The van der Waals surface area contributed by atoms with E-state index in [-0.39, 0.29) is 12.1 Å². The van der Waals surface area contributed by atoms with Crippen molar-refractivity contribution in [1.82, 2.24) is 4.90 Å². The zero-order valence-corrected chi connectivity index (χ0v) is 14.3. The maximum absolute atomic E-state index is 12.7. The molecule has 1 amide bonds. The van der Waals surface area contributed by atoms with Crippen molar-refractivity contribution in [2.75, 3.05) is 0 Å². The number of benzene rings is 2. The summed E-state index contributed by atoms with van der Waals surface area (Å²) in [7, 11) is 0. The minimum atomic E-state index is -4.45. The Kier molecular flexibility index (Phi) is 4.78. The van der Waals surface area contributed by atoms with Crippen molar-refractivity contribution >= 4 is 11.7 Å². The summed E-state index contributed by atoms with van der Waals surface area (Å²) in [5.74, 6) is -1.79. The molecule has 1 atom stereocenters. The predicted octanol–water partition coefficient (Wildman–Crippen LogP) is 4.19. The molecule has 1 N–H and O–H groups in total. The van der Waals surface area contributed by atoms with Gasteiger partial charge < -0.3 is 10.0 Å². The highest BCUT2D eigenvalue weighted by Gasteiger charge is 2.42. The first-order valence-electron chi connectivity index (χ1n) is 8.16. The van der Waals surface area contributed by atoms with Gasteiger partial charge in [0, 0.05) is 6.54 Å². The standard InChI is InChI=1S/C20H16F3NO3/c1-12(25)16-17(14-5-3-2-4-6-14)24(19(27)18(16)26)11-13-7-9-15(10-8-13)20(21,22)23/h2-10,17,26H,11H2,1H3. The highest BCUT2D eigenvalue weighted by molar-refractivity contribution is 6.08. The number of hydrogen-bond donors (Lipinski definition) is 1. The summed E-state index contributed by atoms with van der Waals surface area (Å²) in [5.41, 5.74) is 0.281. The topological polar surface area (TPSA) is 57.6 Å². The number of carbonyl (C=O) groups is 2. The van der Waals surface area contributed by atoms with E-state index in [9.17, 15) is 27.9 Å². The molecule has 3 rings (SSSR count). The van der Waals surface area contributed by atoms with Crippen molar-refractivity contribution in [3.63, 3.8) is 0 Å². The van der Waals surface area contributed by atoms with Crippen LogP contribution in [0.5, 0.6) is 0 Å². The van der Waals surface area contributed by atoms with E-state index in [1.807, 2.05) is 0 Å². The fourth-order valence-electron chi connectivity index (χ4n) is 3.15. The molecule has 0 aliphatic carbocycles. The number of Topliss-reactive ketones (excluding diaryl/α,β-unsaturated/α-hetero) is 1. The SMILES string of the molecule is CC(=O)C1=C(O)C(=O)N(Cc2ccc(C(F)(F)F)cc2)C1c1ccccc1. The molecule has 0 spiro atoms. The first-order chi connectivity index (χ1) is 12.7. The number of hydrogen-bond acceptors (Lipinski definition) is 3. The summed E-state index contributed by atoms with van der Waals surface area (Å²) in [6, 6.07) is 12.3. The van der Waals surface area contributed by atoms with Gasteiger partial charge in [0.05, 0.1) is 17.2 Å². The molecule has 0 aromatic heterocycles. The van der Waals surface area contributed by atoms with Crippen LogP contribution in [0, 0.1) is 0 Å². The van der Waals surface area contributed by atoms with E-state index in [2.05, 4.69) is 0 Å². The second-order valence-electron chi connectivity index (χ2n) is 6.26. The first-order valence-corrected chi connectivity index (χ1v) is 8.16. The molecule has 1 unspecified atom stereocenters. The van der Waals surface area contributed by atoms with Crippen molar-refractivity contribution < 1.29 is 27.9 Å². The third-order valence-corrected chi connectivity index (χ3v) is 4.43. The molecule has 140 valence electrons. The third kappa shape index (κ3) is 3.58. The summed E-state index contributed by atoms with van der Waals surface area (Å²) in [4.78, 5) is 25.8. The minimum Gasteiger partial charge on any atom is -0.503 e. The Bertz CT molecular complexity index is 902. The van der Waals surface area contributed by atoms with Crippen LogP contribution in [0.25, 0.3) is 0 Å². The number of alkyl halides is 3. The molecule has 0 fully saturated rings. The van der Waals surface area contributed by atoms with Crippen LogP contribution < -0.4 is 0 Å². The number of ketones is 1. The van der Waals surface area contributed by atoms with Crippen LogP contribution >= 0.6 is 0 Å². The second-order valence-corrected chi connectivity index (χ2v) is 6.26. The van der Waals surface area contributed by atoms with E-state index in [1.54, 1.807) is 30.3 Å². The number of aliphatic hydroxyl groups is 1. The highest BCUT2D eigenvalue weighted by atomic mass is 19.4. The van der Waals surface area contributed by atoms with Crippen LogP contribution in [0.2, 0.25) is 0 Å². The summed E-state index contributed by atoms with van der Waals surface area (Å²) in [6.45, 7) is 1.22. The van der Waals surface area contributed by atoms with Crippen molar-refractivity contribution in [2.24, 2.45) is 0 Å². The number of halogens is 3. The molecule has 2 aromatic rings. The lowest BCUT2D eigenvalue weighted by molar-refractivity contribution is -0.137. The van der Waals surface area contributed by atoms with Crippen LogP contribution in [-0.2, 0) is 22.3 Å². The smallest absolute Gasteiger partial charge is 0.416 e. The molecule has 7 heteroatoms. The molecule has 0 saturated carbocycles. The van der Waals surface area contributed by atoms with Crippen LogP contribution in [0.4, 0.5) is 13.2 Å². The Balaban J connectivity index is 1.96. The van der Waals surface area contributed by atoms with Crippen LogP contribution in [0.15, 0.2) is 65.9 Å². The van der Waals surface area contributed by atoms with Crippen molar-refractivity contribution in [3.05, 3.63) is 82.6 Å². The third-order valence-electron chi connectivity index (χ3n) is 4.43. The lowest BCUT2D eigenvalue weighted by atomic mass is 9.96. The molecule has 0 radical (unpaired) electrons. The quantitative estimate of drug-likeness (QED) is 0.872.